The molecular weight excluding hydrogens is 228 g/mol. The number of nitrogens with zero attached hydrogens (tertiary/aromatic N) is 1. The normalized spacial score (nSPS) is 20.1. The molecule has 1 aliphatic rings. The Morgan fingerprint density at radius 1 is 1.39 bits per heavy atom. The van der Waals surface area contributed by atoms with E-state index in [4.69, 9.17) is 10.5 Å². The fourth-order valence-electron chi connectivity index (χ4n) is 2.53. The van der Waals surface area contributed by atoms with Crippen molar-refractivity contribution in [3.8, 4) is 0 Å². The number of rotatable bonds is 6. The molecule has 18 heavy (non-hydrogen) atoms. The Hall–Kier alpha value is -0.610. The fraction of sp³-hybridized carbons (Fsp3) is 0.929. The average molecular weight is 256 g/mol. The molecule has 4 heteroatoms. The first kappa shape index (κ1) is 15.4. The molecular formula is C14H28N2O2. The Morgan fingerprint density at radius 2 is 2.00 bits per heavy atom. The third kappa shape index (κ3) is 4.94. The molecule has 106 valence electrons. The summed E-state index contributed by atoms with van der Waals surface area (Å²) in [6, 6.07) is -0.465. The lowest BCUT2D eigenvalue weighted by molar-refractivity contribution is -0.144. The van der Waals surface area contributed by atoms with E-state index in [1.807, 2.05) is 0 Å². The maximum atomic E-state index is 11.4. The van der Waals surface area contributed by atoms with Crippen LogP contribution in [0.15, 0.2) is 0 Å². The number of carbonyl (C=O) groups excluding carboxylic acids is 1. The molecule has 0 aliphatic carbocycles. The number of carbonyl (C=O) groups is 1. The van der Waals surface area contributed by atoms with Gasteiger partial charge in [0.15, 0.2) is 0 Å². The zero-order chi connectivity index (χ0) is 13.5. The predicted octanol–water partition coefficient (Wildman–Crippen LogP) is 1.63. The summed E-state index contributed by atoms with van der Waals surface area (Å²) in [5.74, 6) is 1.38. The van der Waals surface area contributed by atoms with Gasteiger partial charge in [-0.2, -0.15) is 0 Å². The highest BCUT2D eigenvalue weighted by atomic mass is 16.5. The number of hydrogen-bond donors (Lipinski definition) is 1. The van der Waals surface area contributed by atoms with Crippen LogP contribution in [0.2, 0.25) is 0 Å². The Morgan fingerprint density at radius 3 is 2.50 bits per heavy atom. The molecule has 1 heterocycles. The largest absolute Gasteiger partial charge is 0.465 e. The van der Waals surface area contributed by atoms with E-state index in [0.29, 0.717) is 13.0 Å². The third-order valence-corrected chi connectivity index (χ3v) is 3.92. The van der Waals surface area contributed by atoms with Crippen molar-refractivity contribution in [3.63, 3.8) is 0 Å². The molecule has 0 radical (unpaired) electrons. The van der Waals surface area contributed by atoms with Crippen molar-refractivity contribution in [1.82, 2.24) is 4.90 Å². The van der Waals surface area contributed by atoms with E-state index in [2.05, 4.69) is 18.7 Å². The van der Waals surface area contributed by atoms with Crippen molar-refractivity contribution in [1.29, 1.82) is 0 Å². The van der Waals surface area contributed by atoms with Crippen LogP contribution in [-0.2, 0) is 9.53 Å². The molecule has 4 nitrogen and oxygen atoms in total. The van der Waals surface area contributed by atoms with Crippen molar-refractivity contribution in [2.75, 3.05) is 26.2 Å². The predicted molar refractivity (Wildman–Crippen MR) is 73.2 cm³/mol. The number of likely N-dealkylation sites (tertiary alicyclic amines) is 1. The summed E-state index contributed by atoms with van der Waals surface area (Å²) < 4.78 is 4.91. The van der Waals surface area contributed by atoms with Gasteiger partial charge < -0.3 is 15.4 Å². The van der Waals surface area contributed by atoms with Gasteiger partial charge in [0.2, 0.25) is 0 Å². The van der Waals surface area contributed by atoms with Crippen LogP contribution in [-0.4, -0.2) is 43.2 Å². The van der Waals surface area contributed by atoms with Crippen molar-refractivity contribution < 1.29 is 9.53 Å². The van der Waals surface area contributed by atoms with Crippen molar-refractivity contribution in [2.24, 2.45) is 17.6 Å². The Labute approximate surface area is 111 Å². The topological polar surface area (TPSA) is 55.6 Å². The monoisotopic (exact) mass is 256 g/mol. The first-order valence-electron chi connectivity index (χ1n) is 7.19. The van der Waals surface area contributed by atoms with Gasteiger partial charge in [0.05, 0.1) is 6.61 Å². The molecule has 1 atom stereocenters. The van der Waals surface area contributed by atoms with Crippen molar-refractivity contribution in [3.05, 3.63) is 0 Å². The highest BCUT2D eigenvalue weighted by Gasteiger charge is 2.22. The summed E-state index contributed by atoms with van der Waals surface area (Å²) in [6.45, 7) is 10.0. The zero-order valence-corrected chi connectivity index (χ0v) is 12.0. The van der Waals surface area contributed by atoms with Gasteiger partial charge in [-0.3, -0.25) is 4.79 Å². The molecule has 1 rings (SSSR count). The maximum absolute atomic E-state index is 11.4. The first-order valence-corrected chi connectivity index (χ1v) is 7.19. The van der Waals surface area contributed by atoms with Gasteiger partial charge >= 0.3 is 5.97 Å². The van der Waals surface area contributed by atoms with Gasteiger partial charge in [-0.15, -0.1) is 0 Å². The van der Waals surface area contributed by atoms with Crippen LogP contribution >= 0.6 is 0 Å². The minimum atomic E-state index is -0.465. The molecule has 2 N–H and O–H groups in total. The van der Waals surface area contributed by atoms with Gasteiger partial charge in [-0.1, -0.05) is 13.8 Å². The number of nitrogens with two attached hydrogens (primary N) is 1. The van der Waals surface area contributed by atoms with Crippen LogP contribution in [0.3, 0.4) is 0 Å². The number of ether oxygens (including phenoxy) is 1. The molecule has 1 unspecified atom stereocenters. The first-order chi connectivity index (χ1) is 8.54. The van der Waals surface area contributed by atoms with Gasteiger partial charge in [0.1, 0.15) is 6.04 Å². The lowest BCUT2D eigenvalue weighted by Crippen LogP contribution is -2.40. The summed E-state index contributed by atoms with van der Waals surface area (Å²) in [5, 5.41) is 0. The van der Waals surface area contributed by atoms with Gasteiger partial charge in [-0.05, 0) is 51.1 Å². The van der Waals surface area contributed by atoms with Crippen LogP contribution in [0, 0.1) is 11.8 Å². The second-order valence-electron chi connectivity index (χ2n) is 5.57. The molecule has 0 aromatic heterocycles. The second kappa shape index (κ2) is 7.74. The SMILES string of the molecule is CCOC(=O)C(N)CCN1CCC(C(C)C)CC1. The van der Waals surface area contributed by atoms with Crippen LogP contribution < -0.4 is 5.73 Å². The fourth-order valence-corrected chi connectivity index (χ4v) is 2.53. The molecule has 1 saturated heterocycles. The zero-order valence-electron chi connectivity index (χ0n) is 12.0. The Kier molecular flexibility index (Phi) is 6.65. The van der Waals surface area contributed by atoms with Crippen LogP contribution in [0.1, 0.15) is 40.0 Å². The molecule has 0 amide bonds. The minimum Gasteiger partial charge on any atom is -0.465 e. The van der Waals surface area contributed by atoms with Gasteiger partial charge in [-0.25, -0.2) is 0 Å². The molecule has 0 aromatic carbocycles. The van der Waals surface area contributed by atoms with E-state index >= 15 is 0 Å². The lowest BCUT2D eigenvalue weighted by atomic mass is 9.86. The highest BCUT2D eigenvalue weighted by molar-refractivity contribution is 5.75. The van der Waals surface area contributed by atoms with Crippen LogP contribution in [0.5, 0.6) is 0 Å². The minimum absolute atomic E-state index is 0.269. The van der Waals surface area contributed by atoms with E-state index in [9.17, 15) is 4.79 Å². The summed E-state index contributed by atoms with van der Waals surface area (Å²) in [5.41, 5.74) is 5.79. The number of piperidine rings is 1. The standard InChI is InChI=1S/C14H28N2O2/c1-4-18-14(17)13(15)7-10-16-8-5-12(6-9-16)11(2)3/h11-13H,4-10,15H2,1-3H3. The second-order valence-corrected chi connectivity index (χ2v) is 5.57. The summed E-state index contributed by atoms with van der Waals surface area (Å²) in [6.07, 6.45) is 3.24. The molecule has 1 aliphatic heterocycles. The molecule has 0 bridgehead atoms. The van der Waals surface area contributed by atoms with Gasteiger partial charge in [0, 0.05) is 6.54 Å². The quantitative estimate of drug-likeness (QED) is 0.734. The smallest absolute Gasteiger partial charge is 0.322 e. The van der Waals surface area contributed by atoms with E-state index in [0.717, 1.165) is 31.5 Å². The third-order valence-electron chi connectivity index (χ3n) is 3.92. The number of esters is 1. The van der Waals surface area contributed by atoms with E-state index < -0.39 is 6.04 Å². The Bertz CT molecular complexity index is 248. The lowest BCUT2D eigenvalue weighted by Gasteiger charge is -2.34. The molecule has 0 aromatic rings. The summed E-state index contributed by atoms with van der Waals surface area (Å²) >= 11 is 0. The van der Waals surface area contributed by atoms with Crippen LogP contribution in [0.4, 0.5) is 0 Å². The molecule has 1 fully saturated rings. The van der Waals surface area contributed by atoms with Gasteiger partial charge in [0.25, 0.3) is 0 Å². The van der Waals surface area contributed by atoms with Crippen LogP contribution in [0.25, 0.3) is 0 Å². The van der Waals surface area contributed by atoms with E-state index in [-0.39, 0.29) is 5.97 Å². The van der Waals surface area contributed by atoms with E-state index in [1.165, 1.54) is 12.8 Å². The van der Waals surface area contributed by atoms with Crippen molar-refractivity contribution >= 4 is 5.97 Å². The number of hydrogen-bond acceptors (Lipinski definition) is 4. The highest BCUT2D eigenvalue weighted by Crippen LogP contribution is 2.24. The summed E-state index contributed by atoms with van der Waals surface area (Å²) in [7, 11) is 0. The average Bonchev–Trinajstić information content (AvgIpc) is 2.36. The molecule has 0 spiro atoms. The molecule has 0 saturated carbocycles. The van der Waals surface area contributed by atoms with E-state index in [1.54, 1.807) is 6.92 Å². The maximum Gasteiger partial charge on any atom is 0.322 e. The van der Waals surface area contributed by atoms with Crippen molar-refractivity contribution in [2.45, 2.75) is 46.1 Å². The summed E-state index contributed by atoms with van der Waals surface area (Å²) in [4.78, 5) is 13.8. The Balaban J connectivity index is 2.19.